The predicted molar refractivity (Wildman–Crippen MR) is 136 cm³/mol. The Labute approximate surface area is 199 Å². The summed E-state index contributed by atoms with van der Waals surface area (Å²) < 4.78 is 46.4. The lowest BCUT2D eigenvalue weighted by Crippen LogP contribution is -2.35. The highest BCUT2D eigenvalue weighted by molar-refractivity contribution is 6.71. The number of H-pyrrole nitrogens is 1. The second-order valence-corrected chi connectivity index (χ2v) is 14.6. The number of pyridine rings is 1. The van der Waals surface area contributed by atoms with E-state index in [1.54, 1.807) is 18.2 Å². The van der Waals surface area contributed by atoms with Crippen molar-refractivity contribution in [3.8, 4) is 11.3 Å². The summed E-state index contributed by atoms with van der Waals surface area (Å²) in [5.74, 6) is 0. The fourth-order valence-electron chi connectivity index (χ4n) is 4.46. The number of nitrogens with one attached hydrogen (secondary N) is 2. The van der Waals surface area contributed by atoms with Crippen LogP contribution in [0, 0.1) is 5.41 Å². The van der Waals surface area contributed by atoms with Gasteiger partial charge in [-0.3, -0.25) is 4.79 Å². The molecule has 0 radical (unpaired) electrons. The number of aromatic nitrogens is 1. The molecule has 0 saturated heterocycles. The summed E-state index contributed by atoms with van der Waals surface area (Å²) in [5, 5.41) is 4.31. The molecular weight excluding hydrogens is 457 g/mol. The van der Waals surface area contributed by atoms with E-state index in [1.165, 1.54) is 18.2 Å². The van der Waals surface area contributed by atoms with Crippen LogP contribution in [0.15, 0.2) is 53.3 Å². The van der Waals surface area contributed by atoms with Crippen molar-refractivity contribution in [1.82, 2.24) is 4.98 Å². The number of benzene rings is 2. The van der Waals surface area contributed by atoms with E-state index >= 15 is 0 Å². The van der Waals surface area contributed by atoms with Crippen LogP contribution in [0.5, 0.6) is 0 Å². The maximum Gasteiger partial charge on any atom is 0.417 e. The number of aromatic amines is 1. The molecule has 0 amide bonds. The van der Waals surface area contributed by atoms with Crippen LogP contribution in [0.3, 0.4) is 0 Å². The largest absolute Gasteiger partial charge is 0.417 e. The molecule has 0 unspecified atom stereocenters. The first-order chi connectivity index (χ1) is 15.8. The number of hydrogen-bond acceptors (Lipinski definition) is 3. The summed E-state index contributed by atoms with van der Waals surface area (Å²) in [6.07, 6.45) is -3.67. The van der Waals surface area contributed by atoms with E-state index in [2.05, 4.69) is 44.2 Å². The SMILES string of the molecule is CC(C)(C)C[Si](C)(C)OCCCNc1ccc2cc(-c3ccccc3C(F)(F)F)[nH]c(=O)c2c1. The molecule has 4 nitrogen and oxygen atoms in total. The van der Waals surface area contributed by atoms with Gasteiger partial charge in [0.1, 0.15) is 0 Å². The third kappa shape index (κ3) is 6.96. The number of halogens is 3. The zero-order valence-corrected chi connectivity index (χ0v) is 21.4. The summed E-state index contributed by atoms with van der Waals surface area (Å²) in [5.41, 5.74) is -0.0707. The van der Waals surface area contributed by atoms with Gasteiger partial charge in [0, 0.05) is 35.5 Å². The van der Waals surface area contributed by atoms with Crippen LogP contribution in [0.2, 0.25) is 19.1 Å². The van der Waals surface area contributed by atoms with Gasteiger partial charge in [-0.2, -0.15) is 13.2 Å². The lowest BCUT2D eigenvalue weighted by Gasteiger charge is -2.30. The molecule has 1 aromatic heterocycles. The minimum Gasteiger partial charge on any atom is -0.417 e. The van der Waals surface area contributed by atoms with Gasteiger partial charge < -0.3 is 14.7 Å². The van der Waals surface area contributed by atoms with E-state index in [9.17, 15) is 18.0 Å². The van der Waals surface area contributed by atoms with Crippen molar-refractivity contribution in [3.05, 3.63) is 64.4 Å². The first-order valence-corrected chi connectivity index (χ1v) is 14.6. The summed E-state index contributed by atoms with van der Waals surface area (Å²) in [6.45, 7) is 12.5. The minimum atomic E-state index is -4.51. The highest BCUT2D eigenvalue weighted by atomic mass is 28.4. The summed E-state index contributed by atoms with van der Waals surface area (Å²) >= 11 is 0. The Morgan fingerprint density at radius 1 is 1.03 bits per heavy atom. The topological polar surface area (TPSA) is 54.1 Å². The Hall–Kier alpha value is -2.58. The highest BCUT2D eigenvalue weighted by Gasteiger charge is 2.33. The van der Waals surface area contributed by atoms with Crippen molar-refractivity contribution < 1.29 is 17.6 Å². The van der Waals surface area contributed by atoms with E-state index in [0.717, 1.165) is 24.2 Å². The van der Waals surface area contributed by atoms with Crippen LogP contribution in [0.4, 0.5) is 18.9 Å². The molecule has 0 saturated carbocycles. The molecule has 0 aliphatic carbocycles. The fraction of sp³-hybridized carbons (Fsp3) is 0.423. The molecule has 0 bridgehead atoms. The molecule has 0 atom stereocenters. The van der Waals surface area contributed by atoms with Gasteiger partial charge in [-0.05, 0) is 60.6 Å². The molecule has 8 heteroatoms. The van der Waals surface area contributed by atoms with Crippen LogP contribution < -0.4 is 10.9 Å². The zero-order chi connectivity index (χ0) is 25.1. The molecule has 0 aliphatic heterocycles. The Morgan fingerprint density at radius 2 is 1.74 bits per heavy atom. The summed E-state index contributed by atoms with van der Waals surface area (Å²) in [6, 6.07) is 13.2. The number of hydrogen-bond donors (Lipinski definition) is 2. The van der Waals surface area contributed by atoms with Crippen LogP contribution in [-0.2, 0) is 10.6 Å². The molecule has 0 aliphatic rings. The van der Waals surface area contributed by atoms with Gasteiger partial charge >= 0.3 is 6.18 Å². The standard InChI is InChI=1S/C26H33F3N2O2Si/c1-25(2,3)17-34(4,5)33-14-8-13-30-19-12-11-18-15-23(31-24(32)21(18)16-19)20-9-6-7-10-22(20)26(27,28)29/h6-7,9-12,15-16,30H,8,13-14,17H2,1-5H3,(H,31,32). The van der Waals surface area contributed by atoms with Gasteiger partial charge in [0.05, 0.1) is 5.56 Å². The summed E-state index contributed by atoms with van der Waals surface area (Å²) in [4.78, 5) is 15.3. The number of rotatable bonds is 8. The number of fused-ring (bicyclic) bond motifs is 1. The second kappa shape index (κ2) is 9.96. The van der Waals surface area contributed by atoms with Crippen LogP contribution >= 0.6 is 0 Å². The lowest BCUT2D eigenvalue weighted by molar-refractivity contribution is -0.137. The molecule has 184 valence electrons. The highest BCUT2D eigenvalue weighted by Crippen LogP contribution is 2.36. The van der Waals surface area contributed by atoms with Crippen molar-refractivity contribution in [2.45, 2.75) is 52.5 Å². The average molecular weight is 491 g/mol. The van der Waals surface area contributed by atoms with Gasteiger partial charge in [-0.15, -0.1) is 0 Å². The molecule has 0 fully saturated rings. The van der Waals surface area contributed by atoms with E-state index in [-0.39, 0.29) is 16.7 Å². The molecular formula is C26H33F3N2O2Si. The van der Waals surface area contributed by atoms with E-state index in [4.69, 9.17) is 4.43 Å². The van der Waals surface area contributed by atoms with E-state index in [1.807, 2.05) is 6.07 Å². The second-order valence-electron chi connectivity index (χ2n) is 10.5. The van der Waals surface area contributed by atoms with Gasteiger partial charge in [0.15, 0.2) is 8.32 Å². The Bertz CT molecular complexity index is 1200. The van der Waals surface area contributed by atoms with Gasteiger partial charge in [0.2, 0.25) is 0 Å². The molecule has 2 aromatic carbocycles. The van der Waals surface area contributed by atoms with Gasteiger partial charge in [-0.1, -0.05) is 45.0 Å². The van der Waals surface area contributed by atoms with E-state index in [0.29, 0.717) is 23.9 Å². The van der Waals surface area contributed by atoms with E-state index < -0.39 is 25.6 Å². The summed E-state index contributed by atoms with van der Waals surface area (Å²) in [7, 11) is -1.70. The van der Waals surface area contributed by atoms with Crippen molar-refractivity contribution in [2.24, 2.45) is 5.41 Å². The Kier molecular flexibility index (Phi) is 7.62. The fourth-order valence-corrected chi connectivity index (χ4v) is 7.82. The Morgan fingerprint density at radius 3 is 2.41 bits per heavy atom. The Balaban J connectivity index is 1.69. The molecule has 3 aromatic rings. The van der Waals surface area contributed by atoms with Crippen molar-refractivity contribution in [1.29, 1.82) is 0 Å². The first-order valence-electron chi connectivity index (χ1n) is 11.5. The van der Waals surface area contributed by atoms with Crippen LogP contribution in [0.1, 0.15) is 32.8 Å². The minimum absolute atomic E-state index is 0.0471. The molecule has 0 spiro atoms. The molecule has 1 heterocycles. The first kappa shape index (κ1) is 26.0. The average Bonchev–Trinajstić information content (AvgIpc) is 2.71. The van der Waals surface area contributed by atoms with Gasteiger partial charge in [0.25, 0.3) is 5.56 Å². The third-order valence-corrected chi connectivity index (χ3v) is 8.37. The zero-order valence-electron chi connectivity index (χ0n) is 20.4. The normalized spacial score (nSPS) is 12.8. The predicted octanol–water partition coefficient (Wildman–Crippen LogP) is 7.28. The maximum absolute atomic E-state index is 13.4. The van der Waals surface area contributed by atoms with Crippen molar-refractivity contribution in [3.63, 3.8) is 0 Å². The monoisotopic (exact) mass is 490 g/mol. The number of alkyl halides is 3. The van der Waals surface area contributed by atoms with Crippen LogP contribution in [0.25, 0.3) is 22.0 Å². The third-order valence-electron chi connectivity index (χ3n) is 5.47. The quantitative estimate of drug-likeness (QED) is 0.258. The van der Waals surface area contributed by atoms with Crippen LogP contribution in [-0.4, -0.2) is 26.5 Å². The molecule has 2 N–H and O–H groups in total. The van der Waals surface area contributed by atoms with Crippen molar-refractivity contribution >= 4 is 24.8 Å². The maximum atomic E-state index is 13.4. The van der Waals surface area contributed by atoms with Crippen molar-refractivity contribution in [2.75, 3.05) is 18.5 Å². The van der Waals surface area contributed by atoms with Gasteiger partial charge in [-0.25, -0.2) is 0 Å². The molecule has 34 heavy (non-hydrogen) atoms. The number of anilines is 1. The lowest BCUT2D eigenvalue weighted by atomic mass is 10.0. The molecule has 3 rings (SSSR count). The smallest absolute Gasteiger partial charge is 0.417 e.